The Labute approximate surface area is 165 Å². The van der Waals surface area contributed by atoms with E-state index in [0.29, 0.717) is 12.4 Å². The number of aromatic hydroxyl groups is 1. The topological polar surface area (TPSA) is 65.6 Å². The van der Waals surface area contributed by atoms with E-state index in [-0.39, 0.29) is 17.1 Å². The number of anilines is 1. The second-order valence-corrected chi connectivity index (χ2v) is 6.84. The van der Waals surface area contributed by atoms with Gasteiger partial charge in [-0.3, -0.25) is 4.90 Å². The number of para-hydroxylation sites is 2. The first-order valence-electron chi connectivity index (χ1n) is 9.16. The average Bonchev–Trinajstić information content (AvgIpc) is 3.17. The fraction of sp³-hybridized carbons (Fsp3) is 0.300. The van der Waals surface area contributed by atoms with Crippen LogP contribution in [-0.2, 0) is 12.7 Å². The summed E-state index contributed by atoms with van der Waals surface area (Å²) in [5.74, 6) is 0.746. The van der Waals surface area contributed by atoms with Gasteiger partial charge in [-0.1, -0.05) is 29.4 Å². The summed E-state index contributed by atoms with van der Waals surface area (Å²) < 4.78 is 43.9. The summed E-state index contributed by atoms with van der Waals surface area (Å²) in [6.07, 6.45) is -4.42. The maximum Gasteiger partial charge on any atom is 0.416 e. The van der Waals surface area contributed by atoms with E-state index in [1.54, 1.807) is 12.1 Å². The van der Waals surface area contributed by atoms with Gasteiger partial charge in [-0.15, -0.1) is 0 Å². The second-order valence-electron chi connectivity index (χ2n) is 6.84. The minimum Gasteiger partial charge on any atom is -0.506 e. The van der Waals surface area contributed by atoms with Crippen LogP contribution in [0.25, 0.3) is 11.4 Å². The maximum absolute atomic E-state index is 12.9. The number of benzene rings is 2. The second kappa shape index (κ2) is 7.75. The normalized spacial score (nSPS) is 15.6. The summed E-state index contributed by atoms with van der Waals surface area (Å²) in [4.78, 5) is 8.48. The molecule has 6 nitrogen and oxygen atoms in total. The molecule has 0 amide bonds. The van der Waals surface area contributed by atoms with E-state index in [0.717, 1.165) is 44.0 Å². The third-order valence-electron chi connectivity index (χ3n) is 4.87. The van der Waals surface area contributed by atoms with Crippen molar-refractivity contribution in [1.82, 2.24) is 15.0 Å². The summed E-state index contributed by atoms with van der Waals surface area (Å²) in [6.45, 7) is 3.34. The van der Waals surface area contributed by atoms with Gasteiger partial charge in [-0.25, -0.2) is 0 Å². The van der Waals surface area contributed by atoms with Gasteiger partial charge in [0, 0.05) is 31.7 Å². The Morgan fingerprint density at radius 1 is 1.00 bits per heavy atom. The minimum atomic E-state index is -4.42. The Hall–Kier alpha value is -3.07. The van der Waals surface area contributed by atoms with Gasteiger partial charge in [0.25, 0.3) is 0 Å². The molecule has 29 heavy (non-hydrogen) atoms. The predicted octanol–water partition coefficient (Wildman–Crippen LogP) is 3.78. The number of halogens is 3. The highest BCUT2D eigenvalue weighted by atomic mass is 19.4. The van der Waals surface area contributed by atoms with Gasteiger partial charge in [-0.2, -0.15) is 18.2 Å². The van der Waals surface area contributed by atoms with E-state index in [4.69, 9.17) is 4.52 Å². The Kier molecular flexibility index (Phi) is 5.14. The SMILES string of the molecule is Oc1ccccc1N1CCN(Cc2nc(-c3cccc(C(F)(F)F)c3)no2)CC1. The zero-order chi connectivity index (χ0) is 20.4. The molecule has 0 spiro atoms. The van der Waals surface area contributed by atoms with Gasteiger partial charge in [0.1, 0.15) is 5.75 Å². The molecule has 2 heterocycles. The van der Waals surface area contributed by atoms with Crippen molar-refractivity contribution in [3.05, 3.63) is 60.0 Å². The van der Waals surface area contributed by atoms with Crippen molar-refractivity contribution in [1.29, 1.82) is 0 Å². The quantitative estimate of drug-likeness (QED) is 0.714. The number of rotatable bonds is 4. The van der Waals surface area contributed by atoms with E-state index in [1.165, 1.54) is 12.1 Å². The Balaban J connectivity index is 1.39. The number of piperazine rings is 1. The van der Waals surface area contributed by atoms with Crippen LogP contribution in [0.4, 0.5) is 18.9 Å². The lowest BCUT2D eigenvalue weighted by atomic mass is 10.1. The van der Waals surface area contributed by atoms with Gasteiger partial charge in [0.2, 0.25) is 11.7 Å². The predicted molar refractivity (Wildman–Crippen MR) is 100 cm³/mol. The number of nitrogens with zero attached hydrogens (tertiary/aromatic N) is 4. The summed E-state index contributed by atoms with van der Waals surface area (Å²) >= 11 is 0. The molecule has 9 heteroatoms. The Morgan fingerprint density at radius 3 is 2.48 bits per heavy atom. The smallest absolute Gasteiger partial charge is 0.416 e. The minimum absolute atomic E-state index is 0.138. The number of alkyl halides is 3. The van der Waals surface area contributed by atoms with E-state index in [1.807, 2.05) is 12.1 Å². The van der Waals surface area contributed by atoms with Crippen molar-refractivity contribution in [2.45, 2.75) is 12.7 Å². The van der Waals surface area contributed by atoms with Gasteiger partial charge < -0.3 is 14.5 Å². The number of aromatic nitrogens is 2. The molecule has 0 aliphatic carbocycles. The third kappa shape index (κ3) is 4.34. The van der Waals surface area contributed by atoms with E-state index in [2.05, 4.69) is 19.9 Å². The molecule has 3 aromatic rings. The molecule has 1 fully saturated rings. The molecule has 1 N–H and O–H groups in total. The van der Waals surface area contributed by atoms with E-state index < -0.39 is 11.7 Å². The first kappa shape index (κ1) is 19.3. The summed E-state index contributed by atoms with van der Waals surface area (Å²) in [5, 5.41) is 13.8. The molecule has 1 aromatic heterocycles. The molecule has 0 bridgehead atoms. The molecule has 1 aliphatic heterocycles. The molecule has 2 aromatic carbocycles. The zero-order valence-electron chi connectivity index (χ0n) is 15.4. The molecule has 152 valence electrons. The monoisotopic (exact) mass is 404 g/mol. The first-order valence-corrected chi connectivity index (χ1v) is 9.16. The molecule has 0 saturated carbocycles. The van der Waals surface area contributed by atoms with Crippen LogP contribution < -0.4 is 4.90 Å². The number of phenolic OH excluding ortho intramolecular Hbond substituents is 1. The van der Waals surface area contributed by atoms with Crippen molar-refractivity contribution in [3.63, 3.8) is 0 Å². The molecular formula is C20H19F3N4O2. The number of hydrogen-bond acceptors (Lipinski definition) is 6. The van der Waals surface area contributed by atoms with Crippen molar-refractivity contribution < 1.29 is 22.8 Å². The largest absolute Gasteiger partial charge is 0.506 e. The summed E-state index contributed by atoms with van der Waals surface area (Å²) in [6, 6.07) is 12.1. The van der Waals surface area contributed by atoms with Crippen LogP contribution in [0.1, 0.15) is 11.5 Å². The lowest BCUT2D eigenvalue weighted by molar-refractivity contribution is -0.137. The van der Waals surface area contributed by atoms with Crippen LogP contribution in [0.3, 0.4) is 0 Å². The fourth-order valence-electron chi connectivity index (χ4n) is 3.34. The van der Waals surface area contributed by atoms with Crippen LogP contribution in [0.2, 0.25) is 0 Å². The Bertz CT molecular complexity index is 982. The summed E-state index contributed by atoms with van der Waals surface area (Å²) in [7, 11) is 0. The average molecular weight is 404 g/mol. The van der Waals surface area contributed by atoms with Crippen LogP contribution in [0.15, 0.2) is 53.1 Å². The van der Waals surface area contributed by atoms with Gasteiger partial charge >= 0.3 is 6.18 Å². The molecule has 1 saturated heterocycles. The highest BCUT2D eigenvalue weighted by Gasteiger charge is 2.31. The molecule has 4 rings (SSSR count). The number of phenols is 1. The first-order chi connectivity index (χ1) is 13.9. The molecule has 0 radical (unpaired) electrons. The van der Waals surface area contributed by atoms with Gasteiger partial charge in [0.05, 0.1) is 17.8 Å². The van der Waals surface area contributed by atoms with Crippen molar-refractivity contribution >= 4 is 5.69 Å². The Morgan fingerprint density at radius 2 is 1.76 bits per heavy atom. The highest BCUT2D eigenvalue weighted by molar-refractivity contribution is 5.58. The lowest BCUT2D eigenvalue weighted by Gasteiger charge is -2.35. The molecular weight excluding hydrogens is 385 g/mol. The molecule has 0 atom stereocenters. The van der Waals surface area contributed by atoms with E-state index in [9.17, 15) is 18.3 Å². The molecule has 0 unspecified atom stereocenters. The fourth-order valence-corrected chi connectivity index (χ4v) is 3.34. The van der Waals surface area contributed by atoms with Crippen molar-refractivity contribution in [2.24, 2.45) is 0 Å². The van der Waals surface area contributed by atoms with Crippen LogP contribution in [0.5, 0.6) is 5.75 Å². The third-order valence-corrected chi connectivity index (χ3v) is 4.87. The maximum atomic E-state index is 12.9. The van der Waals surface area contributed by atoms with Crippen molar-refractivity contribution in [2.75, 3.05) is 31.1 Å². The highest BCUT2D eigenvalue weighted by Crippen LogP contribution is 2.31. The zero-order valence-corrected chi connectivity index (χ0v) is 15.4. The van der Waals surface area contributed by atoms with Crippen LogP contribution in [-0.4, -0.2) is 46.3 Å². The van der Waals surface area contributed by atoms with Crippen molar-refractivity contribution in [3.8, 4) is 17.1 Å². The van der Waals surface area contributed by atoms with Gasteiger partial charge in [0.15, 0.2) is 0 Å². The lowest BCUT2D eigenvalue weighted by Crippen LogP contribution is -2.46. The van der Waals surface area contributed by atoms with E-state index >= 15 is 0 Å². The summed E-state index contributed by atoms with van der Waals surface area (Å²) in [5.41, 5.74) is 0.317. The van der Waals surface area contributed by atoms with Crippen LogP contribution in [0, 0.1) is 0 Å². The van der Waals surface area contributed by atoms with Crippen LogP contribution >= 0.6 is 0 Å². The standard InChI is InChI=1S/C20H19F3N4O2/c21-20(22,23)15-5-3-4-14(12-15)19-24-18(29-25-19)13-26-8-10-27(11-9-26)16-6-1-2-7-17(16)28/h1-7,12,28H,8-11,13H2. The number of hydrogen-bond donors (Lipinski definition) is 1. The molecule has 1 aliphatic rings. The van der Waals surface area contributed by atoms with Gasteiger partial charge in [-0.05, 0) is 24.3 Å².